The summed E-state index contributed by atoms with van der Waals surface area (Å²) in [5, 5.41) is 2.63. The predicted molar refractivity (Wildman–Crippen MR) is 117 cm³/mol. The topological polar surface area (TPSA) is 17.1 Å². The molecule has 0 heterocycles. The van der Waals surface area contributed by atoms with Crippen molar-refractivity contribution in [3.05, 3.63) is 110 Å². The third kappa shape index (κ3) is 4.70. The standard InChI is InChI=1S/C20H15ClOP.C2H4.ClH.Pt/c21-23(17-16-22,18-10-4-1-5-11-18,19-12-6-2-7-13-19)20-14-8-3-9-15-20;1-2;;/h1-15H;1-2H2;1H;/q-1;;;+2/p-1. The molecule has 0 saturated carbocycles. The molecule has 0 spiro atoms. The van der Waals surface area contributed by atoms with Gasteiger partial charge in [0.05, 0.1) is 0 Å². The van der Waals surface area contributed by atoms with E-state index >= 15 is 0 Å². The number of carbonyl (C=O) groups excluding carboxylic acids is 1. The first kappa shape index (κ1) is 23.6. The van der Waals surface area contributed by atoms with Crippen molar-refractivity contribution in [3.63, 3.8) is 0 Å². The SMILES string of the molecule is C=C.O=C=[C-]P(Cl)(c1ccccc1)(c1ccccc1)c1ccccc1.[Cl][Pt+]. The van der Waals surface area contributed by atoms with Gasteiger partial charge in [-0.25, -0.2) is 0 Å². The summed E-state index contributed by atoms with van der Waals surface area (Å²) in [5.74, 6) is 1.15. The molecule has 0 aliphatic heterocycles. The van der Waals surface area contributed by atoms with Crippen molar-refractivity contribution in [2.75, 3.05) is 0 Å². The normalized spacial score (nSPS) is 11.2. The molecule has 0 fully saturated rings. The fraction of sp³-hybridized carbons (Fsp3) is 0. The van der Waals surface area contributed by atoms with Gasteiger partial charge in [-0.05, 0) is 0 Å². The molecule has 0 aliphatic carbocycles. The fourth-order valence-corrected chi connectivity index (χ4v) is 7.62. The van der Waals surface area contributed by atoms with Gasteiger partial charge in [0.15, 0.2) is 0 Å². The molecule has 0 radical (unpaired) electrons. The predicted octanol–water partition coefficient (Wildman–Crippen LogP) is 5.31. The number of hydrogen-bond acceptors (Lipinski definition) is 1. The minimum absolute atomic E-state index is 0.876. The van der Waals surface area contributed by atoms with E-state index in [1.807, 2.05) is 96.9 Å². The van der Waals surface area contributed by atoms with E-state index < -0.39 is 5.96 Å². The minimum atomic E-state index is -3.63. The molecule has 142 valence electrons. The Labute approximate surface area is 181 Å². The van der Waals surface area contributed by atoms with Crippen LogP contribution in [0.2, 0.25) is 0 Å². The van der Waals surface area contributed by atoms with Gasteiger partial charge in [-0.2, -0.15) is 0 Å². The van der Waals surface area contributed by atoms with Crippen LogP contribution in [-0.2, 0) is 23.6 Å². The maximum absolute atomic E-state index is 11.5. The van der Waals surface area contributed by atoms with Crippen molar-refractivity contribution in [2.45, 2.75) is 0 Å². The quantitative estimate of drug-likeness (QED) is 0.173. The zero-order chi connectivity index (χ0) is 20.2. The van der Waals surface area contributed by atoms with Gasteiger partial charge in [-0.15, -0.1) is 13.2 Å². The molecule has 27 heavy (non-hydrogen) atoms. The molecule has 0 amide bonds. The average molecular weight is 596 g/mol. The Morgan fingerprint density at radius 2 is 0.963 bits per heavy atom. The number of rotatable bonds is 4. The first-order chi connectivity index (χ1) is 13.2. The van der Waals surface area contributed by atoms with Gasteiger partial charge in [-0.1, -0.05) is 0 Å². The summed E-state index contributed by atoms with van der Waals surface area (Å²) in [4.78, 5) is 11.5. The number of benzene rings is 3. The number of halogens is 2. The molecule has 0 aliphatic rings. The van der Waals surface area contributed by atoms with Crippen molar-refractivity contribution >= 4 is 48.5 Å². The Morgan fingerprint density at radius 3 is 1.19 bits per heavy atom. The van der Waals surface area contributed by atoms with Gasteiger partial charge in [0.2, 0.25) is 0 Å². The summed E-state index contributed by atoms with van der Waals surface area (Å²) in [7, 11) is 4.61. The van der Waals surface area contributed by atoms with Crippen LogP contribution < -0.4 is 15.9 Å². The first-order valence-corrected chi connectivity index (χ1v) is 13.8. The molecular weight excluding hydrogens is 577 g/mol. The van der Waals surface area contributed by atoms with E-state index in [-0.39, 0.29) is 0 Å². The van der Waals surface area contributed by atoms with E-state index in [9.17, 15) is 4.79 Å². The van der Waals surface area contributed by atoms with Crippen molar-refractivity contribution in [2.24, 2.45) is 0 Å². The van der Waals surface area contributed by atoms with Crippen LogP contribution in [0, 0.1) is 5.82 Å². The van der Waals surface area contributed by atoms with Crippen molar-refractivity contribution in [1.29, 1.82) is 0 Å². The van der Waals surface area contributed by atoms with E-state index in [0.717, 1.165) is 15.9 Å². The number of hydrogen-bond donors (Lipinski definition) is 0. The van der Waals surface area contributed by atoms with Gasteiger partial charge in [0, 0.05) is 0 Å². The summed E-state index contributed by atoms with van der Waals surface area (Å²) < 4.78 is 0. The molecule has 5 heteroatoms. The Balaban J connectivity index is 0.000000855. The summed E-state index contributed by atoms with van der Waals surface area (Å²) >= 11 is 9.04. The van der Waals surface area contributed by atoms with Crippen LogP contribution in [0.3, 0.4) is 0 Å². The molecule has 3 aromatic carbocycles. The third-order valence-corrected chi connectivity index (χ3v) is 10.3. The molecular formula is C22H19Cl2OPPt. The second-order valence-corrected chi connectivity index (χ2v) is 11.0. The van der Waals surface area contributed by atoms with E-state index in [1.165, 1.54) is 0 Å². The molecule has 0 atom stereocenters. The maximum atomic E-state index is 11.5. The Morgan fingerprint density at radius 1 is 0.704 bits per heavy atom. The summed E-state index contributed by atoms with van der Waals surface area (Å²) in [5.41, 5.74) is 0. The monoisotopic (exact) mass is 595 g/mol. The van der Waals surface area contributed by atoms with Crippen molar-refractivity contribution in [3.8, 4) is 0 Å². The second-order valence-electron chi connectivity index (χ2n) is 5.23. The van der Waals surface area contributed by atoms with Gasteiger partial charge in [0.25, 0.3) is 0 Å². The first-order valence-electron chi connectivity index (χ1n) is 7.87. The van der Waals surface area contributed by atoms with Crippen LogP contribution in [0.5, 0.6) is 0 Å². The molecule has 0 bridgehead atoms. The fourth-order valence-electron chi connectivity index (χ4n) is 2.85. The summed E-state index contributed by atoms with van der Waals surface area (Å²) in [6, 6.07) is 29.1. The van der Waals surface area contributed by atoms with E-state index in [1.54, 1.807) is 18.8 Å². The Hall–Kier alpha value is -1.45. The van der Waals surface area contributed by atoms with Gasteiger partial charge < -0.3 is 0 Å². The molecule has 0 saturated heterocycles. The molecule has 3 rings (SSSR count). The molecule has 3 aromatic rings. The van der Waals surface area contributed by atoms with Crippen LogP contribution in [0.1, 0.15) is 0 Å². The van der Waals surface area contributed by atoms with Gasteiger partial charge in [-0.3, -0.25) is 0 Å². The molecule has 0 N–H and O–H groups in total. The Bertz CT molecular complexity index is 767. The van der Waals surface area contributed by atoms with E-state index in [2.05, 4.69) is 28.4 Å². The van der Waals surface area contributed by atoms with Crippen molar-refractivity contribution < 1.29 is 23.6 Å². The van der Waals surface area contributed by atoms with Crippen LogP contribution >= 0.6 is 26.6 Å². The molecule has 1 nitrogen and oxygen atoms in total. The Kier molecular flexibility index (Phi) is 9.96. The molecule has 0 aromatic heterocycles. The summed E-state index contributed by atoms with van der Waals surface area (Å²) in [6.07, 6.45) is 0. The van der Waals surface area contributed by atoms with Gasteiger partial charge >= 0.3 is 169 Å². The average Bonchev–Trinajstić information content (AvgIpc) is 2.78. The molecule has 0 unspecified atom stereocenters. The zero-order valence-corrected chi connectivity index (χ0v) is 19.2. The zero-order valence-electron chi connectivity index (χ0n) is 14.5. The third-order valence-electron chi connectivity index (χ3n) is 3.98. The summed E-state index contributed by atoms with van der Waals surface area (Å²) in [6.45, 7) is 6.00. The van der Waals surface area contributed by atoms with E-state index in [4.69, 9.17) is 11.2 Å². The second kappa shape index (κ2) is 11.4. The van der Waals surface area contributed by atoms with Gasteiger partial charge in [0.1, 0.15) is 0 Å². The van der Waals surface area contributed by atoms with Crippen molar-refractivity contribution in [1.82, 2.24) is 0 Å². The van der Waals surface area contributed by atoms with Crippen LogP contribution in [0.25, 0.3) is 0 Å². The van der Waals surface area contributed by atoms with E-state index in [0.29, 0.717) is 0 Å². The van der Waals surface area contributed by atoms with Crippen LogP contribution in [0.15, 0.2) is 104 Å². The van der Waals surface area contributed by atoms with Crippen LogP contribution in [-0.4, -0.2) is 5.94 Å². The van der Waals surface area contributed by atoms with Crippen LogP contribution in [0.4, 0.5) is 0 Å².